The molecule has 0 fully saturated rings. The van der Waals surface area contributed by atoms with Crippen molar-refractivity contribution in [1.29, 1.82) is 5.26 Å². The first-order valence-electron chi connectivity index (χ1n) is 6.37. The number of nitrogens with zero attached hydrogens (tertiary/aromatic N) is 2. The fourth-order valence-electron chi connectivity index (χ4n) is 1.96. The van der Waals surface area contributed by atoms with Crippen LogP contribution in [-0.2, 0) is 10.0 Å². The average molecular weight is 301 g/mol. The van der Waals surface area contributed by atoms with Crippen LogP contribution in [0.15, 0.2) is 47.6 Å². The summed E-state index contributed by atoms with van der Waals surface area (Å²) in [5.74, 6) is 0. The van der Waals surface area contributed by atoms with Crippen LogP contribution in [0.1, 0.15) is 29.7 Å². The highest BCUT2D eigenvalue weighted by Gasteiger charge is 2.20. The number of rotatable bonds is 4. The van der Waals surface area contributed by atoms with Crippen LogP contribution in [0, 0.1) is 18.3 Å². The van der Waals surface area contributed by atoms with Crippen LogP contribution in [0.3, 0.4) is 0 Å². The number of sulfonamides is 1. The zero-order chi connectivity index (χ0) is 15.5. The van der Waals surface area contributed by atoms with Gasteiger partial charge in [0, 0.05) is 18.4 Å². The van der Waals surface area contributed by atoms with Crippen LogP contribution in [0.25, 0.3) is 0 Å². The van der Waals surface area contributed by atoms with Crippen molar-refractivity contribution in [1.82, 2.24) is 9.71 Å². The van der Waals surface area contributed by atoms with E-state index < -0.39 is 16.1 Å². The van der Waals surface area contributed by atoms with E-state index in [1.807, 2.05) is 6.07 Å². The molecule has 1 unspecified atom stereocenters. The zero-order valence-electron chi connectivity index (χ0n) is 11.7. The summed E-state index contributed by atoms with van der Waals surface area (Å²) in [5.41, 5.74) is 1.69. The van der Waals surface area contributed by atoms with Gasteiger partial charge in [-0.15, -0.1) is 0 Å². The molecule has 0 aliphatic rings. The second kappa shape index (κ2) is 6.04. The SMILES string of the molecule is Cc1ccc(C#N)cc1S(=O)(=O)NC(C)c1cccnc1. The third-order valence-electron chi connectivity index (χ3n) is 3.12. The number of aryl methyl sites for hydroxylation is 1. The molecule has 0 bridgehead atoms. The number of aromatic nitrogens is 1. The molecule has 1 heterocycles. The van der Waals surface area contributed by atoms with Gasteiger partial charge < -0.3 is 0 Å². The van der Waals surface area contributed by atoms with Gasteiger partial charge in [-0.1, -0.05) is 12.1 Å². The smallest absolute Gasteiger partial charge is 0.241 e. The fraction of sp³-hybridized carbons (Fsp3) is 0.200. The van der Waals surface area contributed by atoms with E-state index in [0.29, 0.717) is 11.1 Å². The van der Waals surface area contributed by atoms with Gasteiger partial charge in [0.1, 0.15) is 0 Å². The van der Waals surface area contributed by atoms with E-state index >= 15 is 0 Å². The molecule has 1 aromatic heterocycles. The van der Waals surface area contributed by atoms with Gasteiger partial charge in [0.2, 0.25) is 10.0 Å². The molecule has 2 aromatic rings. The molecule has 0 spiro atoms. The van der Waals surface area contributed by atoms with E-state index in [-0.39, 0.29) is 4.90 Å². The first kappa shape index (κ1) is 15.2. The topological polar surface area (TPSA) is 82.8 Å². The molecule has 0 saturated heterocycles. The summed E-state index contributed by atoms with van der Waals surface area (Å²) < 4.78 is 27.5. The molecule has 108 valence electrons. The molecule has 5 nitrogen and oxygen atoms in total. The zero-order valence-corrected chi connectivity index (χ0v) is 12.6. The molecule has 0 amide bonds. The van der Waals surface area contributed by atoms with Gasteiger partial charge >= 0.3 is 0 Å². The summed E-state index contributed by atoms with van der Waals surface area (Å²) in [6.07, 6.45) is 3.25. The Morgan fingerprint density at radius 1 is 1.33 bits per heavy atom. The number of hydrogen-bond acceptors (Lipinski definition) is 4. The summed E-state index contributed by atoms with van der Waals surface area (Å²) in [6.45, 7) is 3.45. The van der Waals surface area contributed by atoms with E-state index in [1.54, 1.807) is 50.5 Å². The van der Waals surface area contributed by atoms with Crippen molar-refractivity contribution in [2.45, 2.75) is 24.8 Å². The Morgan fingerprint density at radius 2 is 2.10 bits per heavy atom. The minimum atomic E-state index is -3.70. The Labute approximate surface area is 124 Å². The Balaban J connectivity index is 2.33. The highest BCUT2D eigenvalue weighted by Crippen LogP contribution is 2.20. The normalized spacial score (nSPS) is 12.6. The minimum Gasteiger partial charge on any atom is -0.264 e. The summed E-state index contributed by atoms with van der Waals surface area (Å²) in [6, 6.07) is 9.70. The second-order valence-electron chi connectivity index (χ2n) is 4.72. The van der Waals surface area contributed by atoms with Crippen molar-refractivity contribution in [3.8, 4) is 6.07 Å². The van der Waals surface area contributed by atoms with Gasteiger partial charge in [0.05, 0.1) is 16.5 Å². The number of nitriles is 1. The summed E-state index contributed by atoms with van der Waals surface area (Å²) in [7, 11) is -3.70. The van der Waals surface area contributed by atoms with Crippen molar-refractivity contribution in [2.24, 2.45) is 0 Å². The van der Waals surface area contributed by atoms with Gasteiger partial charge in [-0.3, -0.25) is 4.98 Å². The molecule has 1 aromatic carbocycles. The standard InChI is InChI=1S/C15H15N3O2S/c1-11-5-6-13(9-16)8-15(11)21(19,20)18-12(2)14-4-3-7-17-10-14/h3-8,10,12,18H,1-2H3. The van der Waals surface area contributed by atoms with E-state index in [1.165, 1.54) is 6.07 Å². The van der Waals surface area contributed by atoms with Gasteiger partial charge in [-0.05, 0) is 43.2 Å². The lowest BCUT2D eigenvalue weighted by Crippen LogP contribution is -2.27. The molecule has 0 radical (unpaired) electrons. The van der Waals surface area contributed by atoms with Gasteiger partial charge in [-0.2, -0.15) is 5.26 Å². The predicted octanol–water partition coefficient (Wildman–Crippen LogP) is 2.30. The maximum absolute atomic E-state index is 12.5. The molecule has 0 aliphatic carbocycles. The maximum Gasteiger partial charge on any atom is 0.241 e. The van der Waals surface area contributed by atoms with Crippen LogP contribution in [0.2, 0.25) is 0 Å². The largest absolute Gasteiger partial charge is 0.264 e. The van der Waals surface area contributed by atoms with Gasteiger partial charge in [0.25, 0.3) is 0 Å². The maximum atomic E-state index is 12.5. The molecule has 1 atom stereocenters. The Hall–Kier alpha value is -2.23. The lowest BCUT2D eigenvalue weighted by Gasteiger charge is -2.15. The highest BCUT2D eigenvalue weighted by molar-refractivity contribution is 7.89. The van der Waals surface area contributed by atoms with Gasteiger partial charge in [-0.25, -0.2) is 13.1 Å². The second-order valence-corrected chi connectivity index (χ2v) is 6.40. The first-order chi connectivity index (χ1) is 9.94. The van der Waals surface area contributed by atoms with Crippen LogP contribution in [0.5, 0.6) is 0 Å². The molecule has 0 saturated carbocycles. The quantitative estimate of drug-likeness (QED) is 0.939. The number of benzene rings is 1. The minimum absolute atomic E-state index is 0.122. The van der Waals surface area contributed by atoms with E-state index in [4.69, 9.17) is 5.26 Å². The van der Waals surface area contributed by atoms with E-state index in [9.17, 15) is 8.42 Å². The molecular formula is C15H15N3O2S. The number of pyridine rings is 1. The summed E-state index contributed by atoms with van der Waals surface area (Å²) >= 11 is 0. The monoisotopic (exact) mass is 301 g/mol. The third kappa shape index (κ3) is 3.45. The van der Waals surface area contributed by atoms with Crippen LogP contribution < -0.4 is 4.72 Å². The molecular weight excluding hydrogens is 286 g/mol. The van der Waals surface area contributed by atoms with Crippen LogP contribution >= 0.6 is 0 Å². The van der Waals surface area contributed by atoms with Gasteiger partial charge in [0.15, 0.2) is 0 Å². The Morgan fingerprint density at radius 3 is 2.71 bits per heavy atom. The molecule has 2 rings (SSSR count). The van der Waals surface area contributed by atoms with Crippen molar-refractivity contribution >= 4 is 10.0 Å². The molecule has 6 heteroatoms. The Kier molecular flexibility index (Phi) is 4.36. The number of nitrogens with one attached hydrogen (secondary N) is 1. The first-order valence-corrected chi connectivity index (χ1v) is 7.85. The third-order valence-corrected chi connectivity index (χ3v) is 4.81. The summed E-state index contributed by atoms with van der Waals surface area (Å²) in [5, 5.41) is 8.91. The lowest BCUT2D eigenvalue weighted by molar-refractivity contribution is 0.566. The van der Waals surface area contributed by atoms with E-state index in [0.717, 1.165) is 5.56 Å². The van der Waals surface area contributed by atoms with Crippen LogP contribution in [0.4, 0.5) is 0 Å². The highest BCUT2D eigenvalue weighted by atomic mass is 32.2. The predicted molar refractivity (Wildman–Crippen MR) is 78.9 cm³/mol. The molecule has 1 N–H and O–H groups in total. The van der Waals surface area contributed by atoms with Crippen LogP contribution in [-0.4, -0.2) is 13.4 Å². The fourth-order valence-corrected chi connectivity index (χ4v) is 3.46. The van der Waals surface area contributed by atoms with Crippen molar-refractivity contribution in [3.05, 3.63) is 59.4 Å². The molecule has 21 heavy (non-hydrogen) atoms. The average Bonchev–Trinajstić information content (AvgIpc) is 2.48. The van der Waals surface area contributed by atoms with Crippen molar-refractivity contribution in [3.63, 3.8) is 0 Å². The van der Waals surface area contributed by atoms with Crippen molar-refractivity contribution < 1.29 is 8.42 Å². The summed E-state index contributed by atoms with van der Waals surface area (Å²) in [4.78, 5) is 4.10. The lowest BCUT2D eigenvalue weighted by atomic mass is 10.2. The Bertz CT molecular complexity index is 780. The number of hydrogen-bond donors (Lipinski definition) is 1. The molecule has 0 aliphatic heterocycles. The van der Waals surface area contributed by atoms with E-state index in [2.05, 4.69) is 9.71 Å². The van der Waals surface area contributed by atoms with Crippen molar-refractivity contribution in [2.75, 3.05) is 0 Å².